The van der Waals surface area contributed by atoms with Gasteiger partial charge in [0.15, 0.2) is 0 Å². The average molecular weight is 304 g/mol. The van der Waals surface area contributed by atoms with Gasteiger partial charge in [-0.05, 0) is 44.7 Å². The number of aliphatic carboxylic acids is 1. The van der Waals surface area contributed by atoms with Crippen molar-refractivity contribution in [2.45, 2.75) is 39.3 Å². The Labute approximate surface area is 133 Å². The van der Waals surface area contributed by atoms with Crippen LogP contribution in [0, 0.1) is 5.92 Å². The number of carbonyl (C=O) groups is 1. The third kappa shape index (κ3) is 5.43. The van der Waals surface area contributed by atoms with E-state index in [1.54, 1.807) is 0 Å². The Morgan fingerprint density at radius 1 is 1.36 bits per heavy atom. The lowest BCUT2D eigenvalue weighted by molar-refractivity contribution is -0.139. The summed E-state index contributed by atoms with van der Waals surface area (Å²) in [5.74, 6) is -0.162. The largest absolute Gasteiger partial charge is 0.480 e. The van der Waals surface area contributed by atoms with E-state index in [2.05, 4.69) is 54.0 Å². The third-order valence-electron chi connectivity index (χ3n) is 4.41. The van der Waals surface area contributed by atoms with Gasteiger partial charge in [0, 0.05) is 25.7 Å². The van der Waals surface area contributed by atoms with Gasteiger partial charge in [-0.1, -0.05) is 30.3 Å². The van der Waals surface area contributed by atoms with Crippen LogP contribution in [0.2, 0.25) is 0 Å². The van der Waals surface area contributed by atoms with Crippen LogP contribution in [0.5, 0.6) is 0 Å². The predicted molar refractivity (Wildman–Crippen MR) is 88.8 cm³/mol. The Kier molecular flexibility index (Phi) is 6.40. The fourth-order valence-corrected chi connectivity index (χ4v) is 3.25. The van der Waals surface area contributed by atoms with Crippen LogP contribution in [0.4, 0.5) is 0 Å². The summed E-state index contributed by atoms with van der Waals surface area (Å²) < 4.78 is 0. The Bertz CT molecular complexity index is 461. The van der Waals surface area contributed by atoms with Gasteiger partial charge in [0.25, 0.3) is 0 Å². The van der Waals surface area contributed by atoms with E-state index in [1.807, 2.05) is 0 Å². The van der Waals surface area contributed by atoms with Crippen molar-refractivity contribution in [1.82, 2.24) is 9.80 Å². The van der Waals surface area contributed by atoms with Crippen LogP contribution < -0.4 is 0 Å². The first-order valence-electron chi connectivity index (χ1n) is 8.26. The lowest BCUT2D eigenvalue weighted by atomic mass is 9.96. The molecule has 0 aliphatic carbocycles. The summed E-state index contributed by atoms with van der Waals surface area (Å²) in [6, 6.07) is 10.9. The second-order valence-corrected chi connectivity index (χ2v) is 6.65. The van der Waals surface area contributed by atoms with Gasteiger partial charge < -0.3 is 5.11 Å². The molecule has 22 heavy (non-hydrogen) atoms. The zero-order valence-corrected chi connectivity index (χ0v) is 13.7. The maximum absolute atomic E-state index is 11.0. The summed E-state index contributed by atoms with van der Waals surface area (Å²) in [4.78, 5) is 15.6. The molecule has 122 valence electrons. The monoisotopic (exact) mass is 304 g/mol. The summed E-state index contributed by atoms with van der Waals surface area (Å²) in [5, 5.41) is 9.06. The summed E-state index contributed by atoms with van der Waals surface area (Å²) in [6.45, 7) is 8.39. The van der Waals surface area contributed by atoms with E-state index in [0.29, 0.717) is 5.92 Å². The molecule has 0 amide bonds. The van der Waals surface area contributed by atoms with Crippen LogP contribution in [0.3, 0.4) is 0 Å². The van der Waals surface area contributed by atoms with E-state index in [0.717, 1.165) is 26.2 Å². The first kappa shape index (κ1) is 17.0. The molecule has 1 saturated heterocycles. The number of benzene rings is 1. The molecule has 4 nitrogen and oxygen atoms in total. The van der Waals surface area contributed by atoms with Crippen molar-refractivity contribution in [3.8, 4) is 0 Å². The fourth-order valence-electron chi connectivity index (χ4n) is 3.25. The van der Waals surface area contributed by atoms with Crippen molar-refractivity contribution >= 4 is 5.97 Å². The van der Waals surface area contributed by atoms with Gasteiger partial charge in [-0.2, -0.15) is 0 Å². The van der Waals surface area contributed by atoms with E-state index >= 15 is 0 Å². The fraction of sp³-hybridized carbons (Fsp3) is 0.611. The molecule has 2 rings (SSSR count). The SMILES string of the molecule is CC(C)N(CC(=O)O)C[C@H]1CCCN(Cc2ccccc2)C1. The van der Waals surface area contributed by atoms with E-state index in [-0.39, 0.29) is 12.6 Å². The van der Waals surface area contributed by atoms with Gasteiger partial charge in [-0.25, -0.2) is 0 Å². The lowest BCUT2D eigenvalue weighted by Crippen LogP contribution is -2.44. The van der Waals surface area contributed by atoms with Crippen molar-refractivity contribution in [2.75, 3.05) is 26.2 Å². The Balaban J connectivity index is 1.88. The molecule has 1 aromatic carbocycles. The first-order valence-corrected chi connectivity index (χ1v) is 8.26. The molecule has 0 saturated carbocycles. The molecule has 1 N–H and O–H groups in total. The second-order valence-electron chi connectivity index (χ2n) is 6.65. The molecule has 1 aromatic rings. The number of rotatable bonds is 7. The summed E-state index contributed by atoms with van der Waals surface area (Å²) in [5.41, 5.74) is 1.36. The Morgan fingerprint density at radius 3 is 2.73 bits per heavy atom. The van der Waals surface area contributed by atoms with Gasteiger partial charge in [0.1, 0.15) is 0 Å². The van der Waals surface area contributed by atoms with Gasteiger partial charge in [-0.3, -0.25) is 14.6 Å². The minimum absolute atomic E-state index is 0.146. The number of piperidine rings is 1. The topological polar surface area (TPSA) is 43.8 Å². The molecule has 0 spiro atoms. The van der Waals surface area contributed by atoms with Crippen LogP contribution in [0.15, 0.2) is 30.3 Å². The van der Waals surface area contributed by atoms with Crippen molar-refractivity contribution in [3.63, 3.8) is 0 Å². The molecule has 0 bridgehead atoms. The van der Waals surface area contributed by atoms with Crippen LogP contribution >= 0.6 is 0 Å². The summed E-state index contributed by atoms with van der Waals surface area (Å²) in [7, 11) is 0. The Morgan fingerprint density at radius 2 is 2.09 bits per heavy atom. The van der Waals surface area contributed by atoms with Crippen molar-refractivity contribution < 1.29 is 9.90 Å². The zero-order chi connectivity index (χ0) is 15.9. The standard InChI is InChI=1S/C18H28N2O2/c1-15(2)20(14-18(21)22)13-17-9-6-10-19(12-17)11-16-7-4-3-5-8-16/h3-5,7-8,15,17H,6,9-14H2,1-2H3,(H,21,22)/t17-/m0/s1. The lowest BCUT2D eigenvalue weighted by Gasteiger charge is -2.36. The van der Waals surface area contributed by atoms with Crippen LogP contribution in [0.25, 0.3) is 0 Å². The van der Waals surface area contributed by atoms with Gasteiger partial charge in [0.2, 0.25) is 0 Å². The molecule has 1 aliphatic heterocycles. The molecule has 1 fully saturated rings. The van der Waals surface area contributed by atoms with Crippen molar-refractivity contribution in [3.05, 3.63) is 35.9 Å². The molecule has 0 aromatic heterocycles. The molecular formula is C18H28N2O2. The maximum Gasteiger partial charge on any atom is 0.317 e. The van der Waals surface area contributed by atoms with Crippen molar-refractivity contribution in [1.29, 1.82) is 0 Å². The highest BCUT2D eigenvalue weighted by Gasteiger charge is 2.24. The number of likely N-dealkylation sites (tertiary alicyclic amines) is 1. The average Bonchev–Trinajstić information content (AvgIpc) is 2.47. The highest BCUT2D eigenvalue weighted by Crippen LogP contribution is 2.20. The van der Waals surface area contributed by atoms with Gasteiger partial charge in [0.05, 0.1) is 6.54 Å². The molecule has 1 aliphatic rings. The molecule has 1 atom stereocenters. The smallest absolute Gasteiger partial charge is 0.317 e. The van der Waals surface area contributed by atoms with E-state index < -0.39 is 5.97 Å². The van der Waals surface area contributed by atoms with Gasteiger partial charge in [-0.15, -0.1) is 0 Å². The summed E-state index contributed by atoms with van der Waals surface area (Å²) >= 11 is 0. The van der Waals surface area contributed by atoms with Crippen LogP contribution in [-0.4, -0.2) is 53.1 Å². The zero-order valence-electron chi connectivity index (χ0n) is 13.7. The number of carboxylic acid groups (broad SMARTS) is 1. The van der Waals surface area contributed by atoms with E-state index in [4.69, 9.17) is 5.11 Å². The number of nitrogens with zero attached hydrogens (tertiary/aromatic N) is 2. The molecule has 4 heteroatoms. The normalized spacial score (nSPS) is 19.7. The minimum Gasteiger partial charge on any atom is -0.480 e. The quantitative estimate of drug-likeness (QED) is 0.841. The summed E-state index contributed by atoms with van der Waals surface area (Å²) in [6.07, 6.45) is 2.41. The number of hydrogen-bond donors (Lipinski definition) is 1. The highest BCUT2D eigenvalue weighted by atomic mass is 16.4. The molecule has 1 heterocycles. The molecule has 0 unspecified atom stereocenters. The number of hydrogen-bond acceptors (Lipinski definition) is 3. The van der Waals surface area contributed by atoms with Crippen LogP contribution in [-0.2, 0) is 11.3 Å². The second kappa shape index (κ2) is 8.30. The highest BCUT2D eigenvalue weighted by molar-refractivity contribution is 5.69. The third-order valence-corrected chi connectivity index (χ3v) is 4.41. The van der Waals surface area contributed by atoms with Crippen molar-refractivity contribution in [2.24, 2.45) is 5.92 Å². The first-order chi connectivity index (χ1) is 10.5. The number of carboxylic acids is 1. The van der Waals surface area contributed by atoms with E-state index in [1.165, 1.54) is 18.4 Å². The predicted octanol–water partition coefficient (Wildman–Crippen LogP) is 2.69. The maximum atomic E-state index is 11.0. The minimum atomic E-state index is -0.731. The van der Waals surface area contributed by atoms with Gasteiger partial charge >= 0.3 is 5.97 Å². The molecule has 0 radical (unpaired) electrons. The van der Waals surface area contributed by atoms with Crippen LogP contribution in [0.1, 0.15) is 32.3 Å². The Hall–Kier alpha value is -1.39. The molecular weight excluding hydrogens is 276 g/mol. The van der Waals surface area contributed by atoms with E-state index in [9.17, 15) is 4.79 Å².